The zero-order chi connectivity index (χ0) is 28.3. The van der Waals surface area contributed by atoms with Gasteiger partial charge in [0.05, 0.1) is 19.7 Å². The number of halogens is 2. The van der Waals surface area contributed by atoms with E-state index in [2.05, 4.69) is 15.3 Å². The molecule has 4 rings (SSSR count). The molecule has 0 aliphatic carbocycles. The molecular formula is C28H29F2N5O4. The summed E-state index contributed by atoms with van der Waals surface area (Å²) in [6, 6.07) is 8.26. The number of nitrogens with zero attached hydrogens (tertiary/aromatic N) is 4. The van der Waals surface area contributed by atoms with E-state index in [0.29, 0.717) is 41.9 Å². The van der Waals surface area contributed by atoms with Crippen LogP contribution in [0.1, 0.15) is 27.2 Å². The molecule has 0 bridgehead atoms. The summed E-state index contributed by atoms with van der Waals surface area (Å²) in [6.07, 6.45) is 1.64. The average molecular weight is 538 g/mol. The summed E-state index contributed by atoms with van der Waals surface area (Å²) in [4.78, 5) is 30.0. The van der Waals surface area contributed by atoms with Gasteiger partial charge in [0.25, 0.3) is 0 Å². The molecule has 0 unspecified atom stereocenters. The number of likely N-dealkylation sites (tertiary alicyclic amines) is 1. The van der Waals surface area contributed by atoms with Crippen LogP contribution >= 0.6 is 0 Å². The number of rotatable bonds is 6. The lowest BCUT2D eigenvalue weighted by molar-refractivity contribution is -0.131. The molecule has 1 N–H and O–H groups in total. The minimum Gasteiger partial charge on any atom is -0.494 e. The molecule has 204 valence electrons. The van der Waals surface area contributed by atoms with Crippen molar-refractivity contribution >= 4 is 17.7 Å². The van der Waals surface area contributed by atoms with Gasteiger partial charge in [-0.1, -0.05) is 18.2 Å². The normalized spacial score (nSPS) is 15.1. The van der Waals surface area contributed by atoms with E-state index in [1.54, 1.807) is 44.0 Å². The maximum atomic E-state index is 14.5. The minimum atomic E-state index is -0.708. The summed E-state index contributed by atoms with van der Waals surface area (Å²) < 4.78 is 40.7. The number of ether oxygens (including phenoxy) is 2. The fourth-order valence-corrected chi connectivity index (χ4v) is 4.32. The molecule has 1 aliphatic heterocycles. The maximum absolute atomic E-state index is 14.5. The van der Waals surface area contributed by atoms with Crippen molar-refractivity contribution < 1.29 is 27.8 Å². The van der Waals surface area contributed by atoms with Crippen LogP contribution in [0.15, 0.2) is 42.6 Å². The van der Waals surface area contributed by atoms with E-state index < -0.39 is 23.3 Å². The predicted molar refractivity (Wildman–Crippen MR) is 140 cm³/mol. The largest absolute Gasteiger partial charge is 0.494 e. The molecule has 0 radical (unpaired) electrons. The number of alkyl carbamates (subject to hydrolysis) is 1. The van der Waals surface area contributed by atoms with Crippen molar-refractivity contribution in [3.63, 3.8) is 0 Å². The third-order valence-corrected chi connectivity index (χ3v) is 6.13. The Hall–Kier alpha value is -4.46. The zero-order valence-electron chi connectivity index (χ0n) is 22.1. The van der Waals surface area contributed by atoms with Gasteiger partial charge in [0.15, 0.2) is 11.6 Å². The van der Waals surface area contributed by atoms with Gasteiger partial charge in [-0.15, -0.1) is 0 Å². The van der Waals surface area contributed by atoms with Gasteiger partial charge in [-0.2, -0.15) is 5.10 Å². The van der Waals surface area contributed by atoms with Gasteiger partial charge in [-0.3, -0.25) is 9.48 Å². The van der Waals surface area contributed by atoms with Crippen LogP contribution in [-0.4, -0.2) is 58.5 Å². The SMILES string of the molecule is [C-]#[N+]c1ccc(-c2nn(CC(=O)N3CC[C@@H](NC(=O)OC(C)(C)C)C3)cc2-c2ccc(OC)c(F)c2)cc1F. The molecule has 3 aromatic rings. The molecule has 11 heteroatoms. The molecule has 1 aromatic heterocycles. The van der Waals surface area contributed by atoms with Crippen molar-refractivity contribution in [2.45, 2.75) is 45.4 Å². The number of benzene rings is 2. The molecule has 1 fully saturated rings. The third-order valence-electron chi connectivity index (χ3n) is 6.13. The number of carbonyl (C=O) groups excluding carboxylic acids is 2. The Morgan fingerprint density at radius 1 is 1.15 bits per heavy atom. The molecule has 9 nitrogen and oxygen atoms in total. The van der Waals surface area contributed by atoms with Crippen molar-refractivity contribution in [3.8, 4) is 28.1 Å². The summed E-state index contributed by atoms with van der Waals surface area (Å²) in [5, 5.41) is 7.32. The van der Waals surface area contributed by atoms with Crippen molar-refractivity contribution in [1.82, 2.24) is 20.0 Å². The topological polar surface area (TPSA) is 90.1 Å². The number of methoxy groups -OCH3 is 1. The monoisotopic (exact) mass is 537 g/mol. The van der Waals surface area contributed by atoms with E-state index in [-0.39, 0.29) is 29.9 Å². The smallest absolute Gasteiger partial charge is 0.407 e. The molecule has 0 spiro atoms. The average Bonchev–Trinajstić information content (AvgIpc) is 3.50. The summed E-state index contributed by atoms with van der Waals surface area (Å²) in [6.45, 7) is 13.1. The van der Waals surface area contributed by atoms with Crippen molar-refractivity contribution in [2.24, 2.45) is 0 Å². The van der Waals surface area contributed by atoms with E-state index in [1.807, 2.05) is 0 Å². The van der Waals surface area contributed by atoms with Crippen LogP contribution in [0.25, 0.3) is 27.2 Å². The van der Waals surface area contributed by atoms with Gasteiger partial charge in [0.1, 0.15) is 23.7 Å². The zero-order valence-corrected chi connectivity index (χ0v) is 22.1. The highest BCUT2D eigenvalue weighted by Crippen LogP contribution is 2.35. The van der Waals surface area contributed by atoms with E-state index in [0.717, 1.165) is 0 Å². The van der Waals surface area contributed by atoms with E-state index in [1.165, 1.54) is 36.1 Å². The van der Waals surface area contributed by atoms with E-state index in [9.17, 15) is 18.4 Å². The molecule has 39 heavy (non-hydrogen) atoms. The van der Waals surface area contributed by atoms with Crippen molar-refractivity contribution in [1.29, 1.82) is 0 Å². The Labute approximate surface area is 225 Å². The highest BCUT2D eigenvalue weighted by atomic mass is 19.1. The third kappa shape index (κ3) is 6.52. The molecule has 2 aromatic carbocycles. The Kier molecular flexibility index (Phi) is 7.85. The Balaban J connectivity index is 1.57. The van der Waals surface area contributed by atoms with Crippen LogP contribution in [0.5, 0.6) is 5.75 Å². The number of nitrogens with one attached hydrogen (secondary N) is 1. The molecule has 1 aliphatic rings. The first-order valence-corrected chi connectivity index (χ1v) is 12.3. The summed E-state index contributed by atoms with van der Waals surface area (Å²) in [7, 11) is 1.36. The van der Waals surface area contributed by atoms with Crippen LogP contribution in [0, 0.1) is 18.2 Å². The first-order chi connectivity index (χ1) is 18.5. The Morgan fingerprint density at radius 3 is 2.51 bits per heavy atom. The number of carbonyl (C=O) groups is 2. The van der Waals surface area contributed by atoms with Gasteiger partial charge >= 0.3 is 6.09 Å². The summed E-state index contributed by atoms with van der Waals surface area (Å²) in [5.41, 5.74) is 0.882. The first kappa shape index (κ1) is 27.6. The molecular weight excluding hydrogens is 508 g/mol. The van der Waals surface area contributed by atoms with Gasteiger partial charge in [-0.25, -0.2) is 18.4 Å². The molecule has 2 heterocycles. The fraction of sp³-hybridized carbons (Fsp3) is 0.357. The first-order valence-electron chi connectivity index (χ1n) is 12.3. The lowest BCUT2D eigenvalue weighted by Crippen LogP contribution is -2.41. The standard InChI is InChI=1S/C28H29F2N5O4/c1-28(2,3)39-27(37)32-19-10-11-34(14-19)25(36)16-35-15-20(17-7-9-24(38-5)22(30)12-17)26(33-35)18-6-8-23(31-4)21(29)13-18/h6-9,12-13,15,19H,10-11,14,16H2,1-3,5H3,(H,32,37)/t19-/m1/s1. The quantitative estimate of drug-likeness (QED) is 0.438. The number of hydrogen-bond donors (Lipinski definition) is 1. The van der Waals surface area contributed by atoms with Gasteiger partial charge in [-0.05, 0) is 51.0 Å². The second kappa shape index (κ2) is 11.1. The summed E-state index contributed by atoms with van der Waals surface area (Å²) in [5.74, 6) is -1.45. The predicted octanol–water partition coefficient (Wildman–Crippen LogP) is 5.18. The summed E-state index contributed by atoms with van der Waals surface area (Å²) >= 11 is 0. The minimum absolute atomic E-state index is 0.0684. The number of aromatic nitrogens is 2. The highest BCUT2D eigenvalue weighted by molar-refractivity contribution is 5.82. The van der Waals surface area contributed by atoms with Crippen LogP contribution in [0.3, 0.4) is 0 Å². The van der Waals surface area contributed by atoms with Gasteiger partial charge in [0.2, 0.25) is 11.6 Å². The Bertz CT molecular complexity index is 1440. The highest BCUT2D eigenvalue weighted by Gasteiger charge is 2.29. The second-order valence-electron chi connectivity index (χ2n) is 10.2. The van der Waals surface area contributed by atoms with Crippen LogP contribution in [-0.2, 0) is 16.1 Å². The number of amides is 2. The van der Waals surface area contributed by atoms with E-state index >= 15 is 0 Å². The molecule has 1 saturated heterocycles. The molecule has 0 saturated carbocycles. The van der Waals surface area contributed by atoms with Gasteiger partial charge < -0.3 is 19.7 Å². The van der Waals surface area contributed by atoms with Crippen molar-refractivity contribution in [3.05, 3.63) is 65.6 Å². The van der Waals surface area contributed by atoms with Crippen LogP contribution in [0.2, 0.25) is 0 Å². The van der Waals surface area contributed by atoms with Gasteiger partial charge in [0, 0.05) is 30.4 Å². The lowest BCUT2D eigenvalue weighted by Gasteiger charge is -2.22. The lowest BCUT2D eigenvalue weighted by atomic mass is 10.0. The maximum Gasteiger partial charge on any atom is 0.407 e. The van der Waals surface area contributed by atoms with E-state index in [4.69, 9.17) is 16.0 Å². The van der Waals surface area contributed by atoms with Crippen molar-refractivity contribution in [2.75, 3.05) is 20.2 Å². The fourth-order valence-electron chi connectivity index (χ4n) is 4.32. The number of hydrogen-bond acceptors (Lipinski definition) is 5. The molecule has 1 atom stereocenters. The van der Waals surface area contributed by atoms with Crippen LogP contribution in [0.4, 0.5) is 19.3 Å². The molecule has 2 amide bonds. The second-order valence-corrected chi connectivity index (χ2v) is 10.2. The van der Waals surface area contributed by atoms with Crippen LogP contribution < -0.4 is 10.1 Å². The Morgan fingerprint density at radius 2 is 1.87 bits per heavy atom.